The molecule has 1 heterocycles. The second-order valence-corrected chi connectivity index (χ2v) is 5.76. The largest absolute Gasteiger partial charge is 0.384 e. The van der Waals surface area contributed by atoms with Gasteiger partial charge in [0.05, 0.1) is 0 Å². The molecule has 3 nitrogen and oxygen atoms in total. The molecule has 0 aromatic carbocycles. The first-order valence-electron chi connectivity index (χ1n) is 6.46. The molecule has 2 rings (SSSR count). The first kappa shape index (κ1) is 12.4. The molecular weight excluding hydrogens is 210 g/mol. The summed E-state index contributed by atoms with van der Waals surface area (Å²) in [6, 6.07) is 4.62. The van der Waals surface area contributed by atoms with Crippen molar-refractivity contribution in [2.45, 2.75) is 39.7 Å². The molecule has 1 aromatic heterocycles. The van der Waals surface area contributed by atoms with E-state index in [2.05, 4.69) is 37.1 Å². The SMILES string of the molecule is CCNC(Cc1ccnc(N)c1)C1CC1(C)C. The molecule has 0 amide bonds. The lowest BCUT2D eigenvalue weighted by Gasteiger charge is -2.19. The third-order valence-electron chi connectivity index (χ3n) is 3.84. The van der Waals surface area contributed by atoms with Crippen molar-refractivity contribution in [1.29, 1.82) is 0 Å². The summed E-state index contributed by atoms with van der Waals surface area (Å²) in [7, 11) is 0. The maximum absolute atomic E-state index is 5.72. The molecule has 1 aliphatic carbocycles. The average Bonchev–Trinajstić information content (AvgIpc) is 2.87. The predicted octanol–water partition coefficient (Wildman–Crippen LogP) is 2.23. The molecule has 1 aromatic rings. The van der Waals surface area contributed by atoms with Crippen LogP contribution in [0.5, 0.6) is 0 Å². The lowest BCUT2D eigenvalue weighted by molar-refractivity contribution is 0.409. The smallest absolute Gasteiger partial charge is 0.123 e. The van der Waals surface area contributed by atoms with Crippen LogP contribution in [0.2, 0.25) is 0 Å². The minimum atomic E-state index is 0.505. The summed E-state index contributed by atoms with van der Waals surface area (Å²) < 4.78 is 0. The summed E-state index contributed by atoms with van der Waals surface area (Å²) in [6.45, 7) is 7.90. The van der Waals surface area contributed by atoms with E-state index in [-0.39, 0.29) is 0 Å². The van der Waals surface area contributed by atoms with Crippen molar-refractivity contribution in [2.75, 3.05) is 12.3 Å². The molecule has 0 saturated heterocycles. The number of hydrogen-bond acceptors (Lipinski definition) is 3. The summed E-state index contributed by atoms with van der Waals surface area (Å²) in [6.07, 6.45) is 4.17. The van der Waals surface area contributed by atoms with Gasteiger partial charge in [0, 0.05) is 12.2 Å². The van der Waals surface area contributed by atoms with Crippen LogP contribution in [0.3, 0.4) is 0 Å². The van der Waals surface area contributed by atoms with E-state index in [1.54, 1.807) is 6.20 Å². The summed E-state index contributed by atoms with van der Waals surface area (Å²) in [4.78, 5) is 4.04. The zero-order valence-corrected chi connectivity index (χ0v) is 11.0. The van der Waals surface area contributed by atoms with Crippen LogP contribution in [0.4, 0.5) is 5.82 Å². The normalized spacial score (nSPS) is 23.4. The number of aromatic nitrogens is 1. The number of rotatable bonds is 5. The summed E-state index contributed by atoms with van der Waals surface area (Å²) in [5.41, 5.74) is 7.51. The van der Waals surface area contributed by atoms with Gasteiger partial charge in [0.2, 0.25) is 0 Å². The van der Waals surface area contributed by atoms with Crippen LogP contribution in [0.15, 0.2) is 18.3 Å². The number of nitrogens with two attached hydrogens (primary N) is 1. The van der Waals surface area contributed by atoms with Crippen molar-refractivity contribution in [3.05, 3.63) is 23.9 Å². The molecule has 3 N–H and O–H groups in total. The number of nitrogen functional groups attached to an aromatic ring is 1. The number of anilines is 1. The summed E-state index contributed by atoms with van der Waals surface area (Å²) in [5.74, 6) is 1.41. The van der Waals surface area contributed by atoms with E-state index in [9.17, 15) is 0 Å². The molecule has 0 spiro atoms. The molecule has 1 fully saturated rings. The van der Waals surface area contributed by atoms with E-state index in [1.807, 2.05) is 6.07 Å². The molecule has 0 bridgehead atoms. The Morgan fingerprint density at radius 2 is 2.29 bits per heavy atom. The Balaban J connectivity index is 2.03. The van der Waals surface area contributed by atoms with Gasteiger partial charge in [-0.2, -0.15) is 0 Å². The summed E-state index contributed by atoms with van der Waals surface area (Å²) >= 11 is 0. The van der Waals surface area contributed by atoms with Gasteiger partial charge in [-0.25, -0.2) is 4.98 Å². The number of nitrogens with one attached hydrogen (secondary N) is 1. The van der Waals surface area contributed by atoms with Crippen LogP contribution in [0, 0.1) is 11.3 Å². The molecule has 2 atom stereocenters. The Bertz CT molecular complexity index is 387. The van der Waals surface area contributed by atoms with Crippen molar-refractivity contribution in [3.8, 4) is 0 Å². The standard InChI is InChI=1S/C14H23N3/c1-4-16-12(11-9-14(11,2)3)7-10-5-6-17-13(15)8-10/h5-6,8,11-12,16H,4,7,9H2,1-3H3,(H2,15,17). The quantitative estimate of drug-likeness (QED) is 0.820. The van der Waals surface area contributed by atoms with Crippen LogP contribution < -0.4 is 11.1 Å². The van der Waals surface area contributed by atoms with E-state index < -0.39 is 0 Å². The van der Waals surface area contributed by atoms with Gasteiger partial charge >= 0.3 is 0 Å². The molecular formula is C14H23N3. The summed E-state index contributed by atoms with van der Waals surface area (Å²) in [5, 5.41) is 3.61. The van der Waals surface area contributed by atoms with Gasteiger partial charge in [0.15, 0.2) is 0 Å². The monoisotopic (exact) mass is 233 g/mol. The Hall–Kier alpha value is -1.09. The Kier molecular flexibility index (Phi) is 3.38. The van der Waals surface area contributed by atoms with Crippen molar-refractivity contribution < 1.29 is 0 Å². The lowest BCUT2D eigenvalue weighted by Crippen LogP contribution is -2.34. The van der Waals surface area contributed by atoms with Gasteiger partial charge in [-0.1, -0.05) is 20.8 Å². The molecule has 3 heteroatoms. The van der Waals surface area contributed by atoms with Gasteiger partial charge in [-0.15, -0.1) is 0 Å². The van der Waals surface area contributed by atoms with E-state index in [1.165, 1.54) is 12.0 Å². The Morgan fingerprint density at radius 3 is 2.82 bits per heavy atom. The number of likely N-dealkylation sites (N-methyl/N-ethyl adjacent to an activating group) is 1. The minimum absolute atomic E-state index is 0.505. The first-order valence-corrected chi connectivity index (χ1v) is 6.46. The van der Waals surface area contributed by atoms with E-state index in [0.29, 0.717) is 17.3 Å². The fraction of sp³-hybridized carbons (Fsp3) is 0.643. The molecule has 1 saturated carbocycles. The maximum Gasteiger partial charge on any atom is 0.123 e. The Labute approximate surface area is 104 Å². The molecule has 1 aliphatic rings. The maximum atomic E-state index is 5.72. The number of hydrogen-bond donors (Lipinski definition) is 2. The minimum Gasteiger partial charge on any atom is -0.384 e. The lowest BCUT2D eigenvalue weighted by atomic mass is 9.97. The van der Waals surface area contributed by atoms with Crippen LogP contribution in [0.1, 0.15) is 32.8 Å². The van der Waals surface area contributed by atoms with Gasteiger partial charge in [0.1, 0.15) is 5.82 Å². The van der Waals surface area contributed by atoms with E-state index >= 15 is 0 Å². The van der Waals surface area contributed by atoms with Gasteiger partial charge in [-0.05, 0) is 48.4 Å². The first-order chi connectivity index (χ1) is 8.03. The van der Waals surface area contributed by atoms with Crippen molar-refractivity contribution >= 4 is 5.82 Å². The van der Waals surface area contributed by atoms with Crippen molar-refractivity contribution in [2.24, 2.45) is 11.3 Å². The highest BCUT2D eigenvalue weighted by atomic mass is 14.9. The number of nitrogens with zero attached hydrogens (tertiary/aromatic N) is 1. The highest BCUT2D eigenvalue weighted by molar-refractivity contribution is 5.32. The van der Waals surface area contributed by atoms with Gasteiger partial charge in [0.25, 0.3) is 0 Å². The van der Waals surface area contributed by atoms with Gasteiger partial charge < -0.3 is 11.1 Å². The van der Waals surface area contributed by atoms with Crippen LogP contribution >= 0.6 is 0 Å². The molecule has 0 aliphatic heterocycles. The fourth-order valence-corrected chi connectivity index (χ4v) is 2.69. The third-order valence-corrected chi connectivity index (χ3v) is 3.84. The van der Waals surface area contributed by atoms with Crippen molar-refractivity contribution in [3.63, 3.8) is 0 Å². The van der Waals surface area contributed by atoms with Crippen LogP contribution in [-0.4, -0.2) is 17.6 Å². The zero-order chi connectivity index (χ0) is 12.5. The van der Waals surface area contributed by atoms with Crippen LogP contribution in [0.25, 0.3) is 0 Å². The molecule has 0 radical (unpaired) electrons. The van der Waals surface area contributed by atoms with Gasteiger partial charge in [-0.3, -0.25) is 0 Å². The topological polar surface area (TPSA) is 50.9 Å². The second-order valence-electron chi connectivity index (χ2n) is 5.76. The third kappa shape index (κ3) is 2.97. The predicted molar refractivity (Wildman–Crippen MR) is 71.7 cm³/mol. The average molecular weight is 233 g/mol. The Morgan fingerprint density at radius 1 is 1.59 bits per heavy atom. The van der Waals surface area contributed by atoms with E-state index in [0.717, 1.165) is 18.9 Å². The second kappa shape index (κ2) is 4.65. The highest BCUT2D eigenvalue weighted by Gasteiger charge is 2.49. The zero-order valence-electron chi connectivity index (χ0n) is 11.0. The molecule has 94 valence electrons. The van der Waals surface area contributed by atoms with E-state index in [4.69, 9.17) is 5.73 Å². The van der Waals surface area contributed by atoms with Crippen LogP contribution in [-0.2, 0) is 6.42 Å². The highest BCUT2D eigenvalue weighted by Crippen LogP contribution is 2.54. The number of pyridine rings is 1. The van der Waals surface area contributed by atoms with Crippen molar-refractivity contribution in [1.82, 2.24) is 10.3 Å². The fourth-order valence-electron chi connectivity index (χ4n) is 2.69. The molecule has 17 heavy (non-hydrogen) atoms. The molecule has 2 unspecified atom stereocenters.